The highest BCUT2D eigenvalue weighted by molar-refractivity contribution is 7.98. The number of rotatable bonds is 3. The third-order valence-electron chi connectivity index (χ3n) is 2.43. The van der Waals surface area contributed by atoms with E-state index in [1.807, 2.05) is 19.1 Å². The zero-order valence-electron chi connectivity index (χ0n) is 9.53. The van der Waals surface area contributed by atoms with Crippen molar-refractivity contribution in [3.8, 4) is 0 Å². The van der Waals surface area contributed by atoms with E-state index < -0.39 is 0 Å². The number of thioether (sulfide) groups is 1. The number of hydrogen-bond donors (Lipinski definition) is 1. The molecule has 1 radical (unpaired) electrons. The number of benzene rings is 2. The maximum Gasteiger partial charge on any atom is 0.123 e. The second-order valence-electron chi connectivity index (χ2n) is 3.84. The summed E-state index contributed by atoms with van der Waals surface area (Å²) in [6.45, 7) is 2.03. The molecule has 87 valence electrons. The van der Waals surface area contributed by atoms with Gasteiger partial charge in [-0.25, -0.2) is 4.39 Å². The molecule has 0 aliphatic rings. The third kappa shape index (κ3) is 3.24. The minimum atomic E-state index is -0.203. The summed E-state index contributed by atoms with van der Waals surface area (Å²) >= 11 is 1.66. The molecule has 0 spiro atoms. The number of halogens is 1. The Morgan fingerprint density at radius 1 is 1.18 bits per heavy atom. The summed E-state index contributed by atoms with van der Waals surface area (Å²) < 4.78 is 12.7. The van der Waals surface area contributed by atoms with Gasteiger partial charge < -0.3 is 5.73 Å². The first-order valence-corrected chi connectivity index (χ1v) is 6.29. The van der Waals surface area contributed by atoms with Crippen molar-refractivity contribution in [2.24, 2.45) is 0 Å². The summed E-state index contributed by atoms with van der Waals surface area (Å²) in [5.41, 5.74) is 8.60. The highest BCUT2D eigenvalue weighted by Crippen LogP contribution is 2.27. The minimum absolute atomic E-state index is 0.203. The first-order chi connectivity index (χ1) is 8.15. The fraction of sp³-hybridized carbons (Fsp3) is 0.143. The highest BCUT2D eigenvalue weighted by atomic mass is 32.2. The highest BCUT2D eigenvalue weighted by Gasteiger charge is 2.01. The van der Waals surface area contributed by atoms with Crippen molar-refractivity contribution in [2.45, 2.75) is 17.6 Å². The predicted molar refractivity (Wildman–Crippen MR) is 70.4 cm³/mol. The Kier molecular flexibility index (Phi) is 3.69. The van der Waals surface area contributed by atoms with Crippen LogP contribution in [0.3, 0.4) is 0 Å². The lowest BCUT2D eigenvalue weighted by Gasteiger charge is -2.06. The maximum absolute atomic E-state index is 12.7. The van der Waals surface area contributed by atoms with Gasteiger partial charge in [0.15, 0.2) is 0 Å². The van der Waals surface area contributed by atoms with Crippen LogP contribution in [0.5, 0.6) is 0 Å². The molecule has 0 saturated heterocycles. The van der Waals surface area contributed by atoms with Crippen molar-refractivity contribution in [1.29, 1.82) is 0 Å². The van der Waals surface area contributed by atoms with Gasteiger partial charge in [-0.3, -0.25) is 0 Å². The van der Waals surface area contributed by atoms with Crippen molar-refractivity contribution >= 4 is 17.4 Å². The molecule has 0 aliphatic carbocycles. The van der Waals surface area contributed by atoms with Gasteiger partial charge in [0, 0.05) is 22.4 Å². The number of anilines is 1. The van der Waals surface area contributed by atoms with E-state index in [-0.39, 0.29) is 5.82 Å². The molecular formula is C14H13FNS. The molecule has 0 unspecified atom stereocenters. The van der Waals surface area contributed by atoms with E-state index in [0.29, 0.717) is 5.69 Å². The lowest BCUT2D eigenvalue weighted by molar-refractivity contribution is 0.627. The zero-order valence-corrected chi connectivity index (χ0v) is 10.4. The molecule has 0 atom stereocenters. The summed E-state index contributed by atoms with van der Waals surface area (Å²) in [5.74, 6) is 0.589. The van der Waals surface area contributed by atoms with Crippen LogP contribution in [0.4, 0.5) is 10.1 Å². The lowest BCUT2D eigenvalue weighted by Crippen LogP contribution is -1.89. The first-order valence-electron chi connectivity index (χ1n) is 5.31. The van der Waals surface area contributed by atoms with Crippen LogP contribution < -0.4 is 5.73 Å². The molecule has 0 heterocycles. The van der Waals surface area contributed by atoms with E-state index in [4.69, 9.17) is 5.73 Å². The Bertz CT molecular complexity index is 508. The number of hydrogen-bond acceptors (Lipinski definition) is 2. The van der Waals surface area contributed by atoms with E-state index in [1.54, 1.807) is 23.9 Å². The Labute approximate surface area is 105 Å². The van der Waals surface area contributed by atoms with E-state index in [2.05, 4.69) is 6.07 Å². The van der Waals surface area contributed by atoms with Crippen molar-refractivity contribution in [1.82, 2.24) is 0 Å². The van der Waals surface area contributed by atoms with E-state index in [1.165, 1.54) is 12.1 Å². The largest absolute Gasteiger partial charge is 0.398 e. The van der Waals surface area contributed by atoms with Crippen LogP contribution in [-0.4, -0.2) is 0 Å². The van der Waals surface area contributed by atoms with Crippen LogP contribution in [0.25, 0.3) is 0 Å². The summed E-state index contributed by atoms with van der Waals surface area (Å²) in [6, 6.07) is 13.5. The van der Waals surface area contributed by atoms with Gasteiger partial charge in [-0.1, -0.05) is 18.2 Å². The topological polar surface area (TPSA) is 26.0 Å². The molecule has 17 heavy (non-hydrogen) atoms. The summed E-state index contributed by atoms with van der Waals surface area (Å²) in [4.78, 5) is 1.05. The Balaban J connectivity index is 2.07. The quantitative estimate of drug-likeness (QED) is 0.658. The third-order valence-corrected chi connectivity index (χ3v) is 3.62. The van der Waals surface area contributed by atoms with E-state index in [0.717, 1.165) is 21.8 Å². The first kappa shape index (κ1) is 12.0. The van der Waals surface area contributed by atoms with Crippen LogP contribution in [0.1, 0.15) is 11.1 Å². The molecule has 2 rings (SSSR count). The normalized spacial score (nSPS) is 10.5. The standard InChI is InChI=1S/C14H13FNS/c1-10-2-7-13(16)8-14(10)17-9-11-3-5-12(15)6-4-11/h2-7H,9,16H2,1H3. The summed E-state index contributed by atoms with van der Waals surface area (Å²) in [6.07, 6.45) is 0. The Hall–Kier alpha value is -1.48. The van der Waals surface area contributed by atoms with Gasteiger partial charge in [-0.05, 0) is 36.2 Å². The summed E-state index contributed by atoms with van der Waals surface area (Å²) in [5, 5.41) is 0. The van der Waals surface area contributed by atoms with Gasteiger partial charge in [0.25, 0.3) is 0 Å². The van der Waals surface area contributed by atoms with Gasteiger partial charge in [-0.15, -0.1) is 11.8 Å². The van der Waals surface area contributed by atoms with Crippen molar-refractivity contribution in [3.05, 3.63) is 59.4 Å². The molecule has 2 aromatic rings. The maximum atomic E-state index is 12.7. The second-order valence-corrected chi connectivity index (χ2v) is 4.83. The van der Waals surface area contributed by atoms with E-state index in [9.17, 15) is 4.39 Å². The number of aryl methyl sites for hydroxylation is 1. The molecule has 0 saturated carbocycles. The molecule has 3 heteroatoms. The molecule has 0 amide bonds. The molecule has 0 aliphatic heterocycles. The van der Waals surface area contributed by atoms with Gasteiger partial charge >= 0.3 is 0 Å². The molecule has 1 nitrogen and oxygen atoms in total. The average Bonchev–Trinajstić information content (AvgIpc) is 2.32. The van der Waals surface area contributed by atoms with Crippen molar-refractivity contribution in [3.63, 3.8) is 0 Å². The molecule has 2 N–H and O–H groups in total. The van der Waals surface area contributed by atoms with E-state index >= 15 is 0 Å². The predicted octanol–water partition coefficient (Wildman–Crippen LogP) is 3.81. The fourth-order valence-corrected chi connectivity index (χ4v) is 2.44. The monoisotopic (exact) mass is 246 g/mol. The van der Waals surface area contributed by atoms with Crippen LogP contribution in [0.15, 0.2) is 41.3 Å². The van der Waals surface area contributed by atoms with Gasteiger partial charge in [0.2, 0.25) is 0 Å². The molecule has 0 aromatic heterocycles. The van der Waals surface area contributed by atoms with Gasteiger partial charge in [0.1, 0.15) is 5.82 Å². The molecule has 0 fully saturated rings. The second kappa shape index (κ2) is 5.23. The lowest BCUT2D eigenvalue weighted by atomic mass is 10.2. The number of nitrogens with two attached hydrogens (primary N) is 1. The zero-order chi connectivity index (χ0) is 12.3. The van der Waals surface area contributed by atoms with Crippen LogP contribution in [-0.2, 0) is 5.75 Å². The summed E-state index contributed by atoms with van der Waals surface area (Å²) in [7, 11) is 0. The molecule has 2 aromatic carbocycles. The van der Waals surface area contributed by atoms with Crippen LogP contribution in [0, 0.1) is 18.8 Å². The number of nitrogen functional groups attached to an aromatic ring is 1. The van der Waals surface area contributed by atoms with Crippen LogP contribution in [0.2, 0.25) is 0 Å². The van der Waals surface area contributed by atoms with Crippen molar-refractivity contribution in [2.75, 3.05) is 5.73 Å². The fourth-order valence-electron chi connectivity index (χ4n) is 1.45. The van der Waals surface area contributed by atoms with Gasteiger partial charge in [0.05, 0.1) is 0 Å². The average molecular weight is 246 g/mol. The molecular weight excluding hydrogens is 233 g/mol. The Morgan fingerprint density at radius 2 is 1.88 bits per heavy atom. The van der Waals surface area contributed by atoms with Crippen molar-refractivity contribution < 1.29 is 4.39 Å². The molecule has 0 bridgehead atoms. The van der Waals surface area contributed by atoms with Crippen LogP contribution >= 0.6 is 11.8 Å². The van der Waals surface area contributed by atoms with Gasteiger partial charge in [-0.2, -0.15) is 0 Å². The minimum Gasteiger partial charge on any atom is -0.398 e. The smallest absolute Gasteiger partial charge is 0.123 e. The Morgan fingerprint density at radius 3 is 2.59 bits per heavy atom. The SMILES string of the molecule is Cc1ccc(N)[c]c1SCc1ccc(F)cc1.